The molecule has 1 aromatic rings. The van der Waals surface area contributed by atoms with Crippen molar-refractivity contribution in [2.75, 3.05) is 18.4 Å². The second kappa shape index (κ2) is 9.98. The highest BCUT2D eigenvalue weighted by Crippen LogP contribution is 2.22. The van der Waals surface area contributed by atoms with Crippen LogP contribution in [0.15, 0.2) is 29.2 Å². The summed E-state index contributed by atoms with van der Waals surface area (Å²) in [6.07, 6.45) is 2.17. The van der Waals surface area contributed by atoms with Gasteiger partial charge in [-0.25, -0.2) is 13.1 Å². The molecule has 0 unspecified atom stereocenters. The summed E-state index contributed by atoms with van der Waals surface area (Å²) in [6.45, 7) is 6.80. The Morgan fingerprint density at radius 3 is 2.50 bits per heavy atom. The molecule has 0 bridgehead atoms. The summed E-state index contributed by atoms with van der Waals surface area (Å²) in [5.41, 5.74) is 5.97. The van der Waals surface area contributed by atoms with E-state index in [-0.39, 0.29) is 41.7 Å². The maximum atomic E-state index is 12.0. The molecule has 0 aliphatic rings. The van der Waals surface area contributed by atoms with E-state index in [1.54, 1.807) is 12.1 Å². The lowest BCUT2D eigenvalue weighted by atomic mass is 9.90. The average molecular weight is 378 g/mol. The van der Waals surface area contributed by atoms with E-state index >= 15 is 0 Å². The number of halogens is 1. The highest BCUT2D eigenvalue weighted by Gasteiger charge is 2.14. The van der Waals surface area contributed by atoms with E-state index in [2.05, 4.69) is 30.8 Å². The van der Waals surface area contributed by atoms with E-state index in [0.29, 0.717) is 12.1 Å². The summed E-state index contributed by atoms with van der Waals surface area (Å²) in [5, 5.41) is 2.74. The quantitative estimate of drug-likeness (QED) is 0.647. The summed E-state index contributed by atoms with van der Waals surface area (Å²) in [7, 11) is -3.60. The van der Waals surface area contributed by atoms with Crippen molar-refractivity contribution in [2.45, 2.75) is 44.9 Å². The smallest absolute Gasteiger partial charge is 0.240 e. The molecule has 6 nitrogen and oxygen atoms in total. The first-order chi connectivity index (χ1) is 10.6. The first kappa shape index (κ1) is 22.9. The minimum absolute atomic E-state index is 0. The molecule has 0 aromatic heterocycles. The van der Waals surface area contributed by atoms with Crippen molar-refractivity contribution in [2.24, 2.45) is 11.1 Å². The lowest BCUT2D eigenvalue weighted by Crippen LogP contribution is -2.29. The fourth-order valence-corrected chi connectivity index (χ4v) is 3.11. The molecule has 0 fully saturated rings. The zero-order valence-corrected chi connectivity index (χ0v) is 16.1. The number of carbonyl (C=O) groups excluding carboxylic acids is 1. The van der Waals surface area contributed by atoms with Gasteiger partial charge in [-0.05, 0) is 36.5 Å². The molecule has 0 aliphatic heterocycles. The van der Waals surface area contributed by atoms with Crippen molar-refractivity contribution < 1.29 is 13.2 Å². The van der Waals surface area contributed by atoms with Gasteiger partial charge in [0.1, 0.15) is 0 Å². The molecule has 0 saturated carbocycles. The molecule has 1 amide bonds. The van der Waals surface area contributed by atoms with Crippen LogP contribution in [0.3, 0.4) is 0 Å². The van der Waals surface area contributed by atoms with E-state index in [9.17, 15) is 13.2 Å². The van der Waals surface area contributed by atoms with E-state index in [1.165, 1.54) is 12.1 Å². The van der Waals surface area contributed by atoms with Crippen molar-refractivity contribution in [1.29, 1.82) is 0 Å². The summed E-state index contributed by atoms with van der Waals surface area (Å²) in [5.74, 6) is -0.112. The van der Waals surface area contributed by atoms with Gasteiger partial charge in [0.05, 0.1) is 4.90 Å². The van der Waals surface area contributed by atoms with Crippen LogP contribution in [0.2, 0.25) is 0 Å². The number of benzene rings is 1. The second-order valence-electron chi connectivity index (χ2n) is 6.68. The van der Waals surface area contributed by atoms with Crippen molar-refractivity contribution in [3.05, 3.63) is 24.3 Å². The lowest BCUT2D eigenvalue weighted by Gasteiger charge is -2.17. The molecule has 0 saturated heterocycles. The highest BCUT2D eigenvalue weighted by molar-refractivity contribution is 7.89. The zero-order valence-electron chi connectivity index (χ0n) is 14.5. The van der Waals surface area contributed by atoms with Gasteiger partial charge in [0.2, 0.25) is 15.9 Å². The van der Waals surface area contributed by atoms with E-state index in [4.69, 9.17) is 5.73 Å². The van der Waals surface area contributed by atoms with Gasteiger partial charge in [-0.3, -0.25) is 4.79 Å². The zero-order chi connectivity index (χ0) is 17.5. The molecule has 1 rings (SSSR count). The van der Waals surface area contributed by atoms with Crippen LogP contribution in [0.4, 0.5) is 5.69 Å². The van der Waals surface area contributed by atoms with E-state index in [1.807, 2.05) is 0 Å². The van der Waals surface area contributed by atoms with Gasteiger partial charge in [0, 0.05) is 25.2 Å². The molecule has 8 heteroatoms. The molecule has 24 heavy (non-hydrogen) atoms. The van der Waals surface area contributed by atoms with Crippen LogP contribution < -0.4 is 15.8 Å². The number of carbonyl (C=O) groups is 1. The van der Waals surface area contributed by atoms with Crippen molar-refractivity contribution in [3.8, 4) is 0 Å². The van der Waals surface area contributed by atoms with Crippen LogP contribution in [0.25, 0.3) is 0 Å². The number of amides is 1. The molecule has 0 heterocycles. The third-order valence-corrected chi connectivity index (χ3v) is 4.65. The normalized spacial score (nSPS) is 11.7. The number of hydrogen-bond donors (Lipinski definition) is 3. The number of hydrogen-bond acceptors (Lipinski definition) is 4. The maximum absolute atomic E-state index is 12.0. The molecular formula is C16H28ClN3O3S. The third kappa shape index (κ3) is 8.63. The van der Waals surface area contributed by atoms with E-state index < -0.39 is 10.0 Å². The SMILES string of the molecule is CC(C)(C)CCCC(=O)Nc1cccc(S(=O)(=O)NCCN)c1.Cl. The number of nitrogens with one attached hydrogen (secondary N) is 2. The van der Waals surface area contributed by atoms with Gasteiger partial charge in [0.15, 0.2) is 0 Å². The predicted octanol–water partition coefficient (Wildman–Crippen LogP) is 2.50. The van der Waals surface area contributed by atoms with Crippen molar-refractivity contribution >= 4 is 34.0 Å². The molecule has 0 radical (unpaired) electrons. The molecule has 0 aliphatic carbocycles. The summed E-state index contributed by atoms with van der Waals surface area (Å²) < 4.78 is 26.5. The number of nitrogens with two attached hydrogens (primary N) is 1. The van der Waals surface area contributed by atoms with Crippen LogP contribution in [-0.2, 0) is 14.8 Å². The van der Waals surface area contributed by atoms with Gasteiger partial charge in [-0.15, -0.1) is 12.4 Å². The van der Waals surface area contributed by atoms with Crippen LogP contribution >= 0.6 is 12.4 Å². The lowest BCUT2D eigenvalue weighted by molar-refractivity contribution is -0.116. The van der Waals surface area contributed by atoms with Gasteiger partial charge >= 0.3 is 0 Å². The molecule has 1 aromatic carbocycles. The highest BCUT2D eigenvalue weighted by atomic mass is 35.5. The molecular weight excluding hydrogens is 350 g/mol. The Balaban J connectivity index is 0.00000529. The fraction of sp³-hybridized carbons (Fsp3) is 0.562. The molecule has 138 valence electrons. The van der Waals surface area contributed by atoms with Crippen LogP contribution in [0.5, 0.6) is 0 Å². The Hall–Kier alpha value is -1.15. The Labute approximate surface area is 151 Å². The number of rotatable bonds is 8. The Kier molecular flexibility index (Phi) is 9.50. The largest absolute Gasteiger partial charge is 0.329 e. The monoisotopic (exact) mass is 377 g/mol. The first-order valence-corrected chi connectivity index (χ1v) is 9.22. The minimum atomic E-state index is -3.60. The molecule has 0 atom stereocenters. The Bertz CT molecular complexity index is 628. The van der Waals surface area contributed by atoms with Crippen LogP contribution in [-0.4, -0.2) is 27.4 Å². The van der Waals surface area contributed by atoms with Crippen LogP contribution in [0.1, 0.15) is 40.0 Å². The standard InChI is InChI=1S/C16H27N3O3S.ClH/c1-16(2,3)9-5-8-15(20)19-13-6-4-7-14(12-13)23(21,22)18-11-10-17;/h4,6-7,12,18H,5,8-11,17H2,1-3H3,(H,19,20);1H. The van der Waals surface area contributed by atoms with Gasteiger partial charge in [-0.2, -0.15) is 0 Å². The maximum Gasteiger partial charge on any atom is 0.240 e. The number of sulfonamides is 1. The summed E-state index contributed by atoms with van der Waals surface area (Å²) in [4.78, 5) is 12.0. The molecule has 0 spiro atoms. The number of anilines is 1. The predicted molar refractivity (Wildman–Crippen MR) is 99.9 cm³/mol. The third-order valence-electron chi connectivity index (χ3n) is 3.20. The average Bonchev–Trinajstić information content (AvgIpc) is 2.44. The van der Waals surface area contributed by atoms with Gasteiger partial charge in [-0.1, -0.05) is 26.8 Å². The Morgan fingerprint density at radius 1 is 1.25 bits per heavy atom. The van der Waals surface area contributed by atoms with Crippen LogP contribution in [0, 0.1) is 5.41 Å². The van der Waals surface area contributed by atoms with Crippen molar-refractivity contribution in [1.82, 2.24) is 4.72 Å². The van der Waals surface area contributed by atoms with E-state index in [0.717, 1.165) is 12.8 Å². The van der Waals surface area contributed by atoms with Gasteiger partial charge < -0.3 is 11.1 Å². The second-order valence-corrected chi connectivity index (χ2v) is 8.44. The summed E-state index contributed by atoms with van der Waals surface area (Å²) >= 11 is 0. The first-order valence-electron chi connectivity index (χ1n) is 7.74. The molecule has 4 N–H and O–H groups in total. The topological polar surface area (TPSA) is 101 Å². The minimum Gasteiger partial charge on any atom is -0.329 e. The van der Waals surface area contributed by atoms with Gasteiger partial charge in [0.25, 0.3) is 0 Å². The van der Waals surface area contributed by atoms with Crippen molar-refractivity contribution in [3.63, 3.8) is 0 Å². The fourth-order valence-electron chi connectivity index (χ4n) is 2.02. The summed E-state index contributed by atoms with van der Waals surface area (Å²) in [6, 6.07) is 6.19. The Morgan fingerprint density at radius 2 is 1.92 bits per heavy atom.